The molecule has 3 nitrogen and oxygen atoms in total. The number of thioether (sulfide) groups is 1. The quantitative estimate of drug-likeness (QED) is 0.695. The Hall–Kier alpha value is -0.220. The Morgan fingerprint density at radius 2 is 2.38 bits per heavy atom. The smallest absolute Gasteiger partial charge is 0.156 e. The lowest BCUT2D eigenvalue weighted by Crippen LogP contribution is -2.21. The van der Waals surface area contributed by atoms with Crippen LogP contribution in [-0.4, -0.2) is 36.7 Å². The normalized spacial score (nSPS) is 24.6. The molecular formula is C12H22N2OS. The van der Waals surface area contributed by atoms with Crippen molar-refractivity contribution in [2.24, 2.45) is 10.9 Å². The summed E-state index contributed by atoms with van der Waals surface area (Å²) in [7, 11) is 0. The maximum atomic E-state index is 5.58. The first-order chi connectivity index (χ1) is 7.88. The van der Waals surface area contributed by atoms with Gasteiger partial charge in [-0.15, -0.1) is 0 Å². The highest BCUT2D eigenvalue weighted by atomic mass is 32.2. The maximum Gasteiger partial charge on any atom is 0.156 e. The van der Waals surface area contributed by atoms with E-state index in [-0.39, 0.29) is 0 Å². The molecule has 1 unspecified atom stereocenters. The SMILES string of the molecule is CCC1CN=C(NCCCOCC2CC2)S1. The zero-order valence-corrected chi connectivity index (χ0v) is 10.9. The van der Waals surface area contributed by atoms with Crippen molar-refractivity contribution in [2.75, 3.05) is 26.3 Å². The van der Waals surface area contributed by atoms with E-state index in [9.17, 15) is 0 Å². The number of aliphatic imine (C=N–C) groups is 1. The van der Waals surface area contributed by atoms with Crippen molar-refractivity contribution in [2.45, 2.75) is 37.9 Å². The van der Waals surface area contributed by atoms with Gasteiger partial charge in [-0.2, -0.15) is 0 Å². The van der Waals surface area contributed by atoms with E-state index in [4.69, 9.17) is 4.74 Å². The van der Waals surface area contributed by atoms with Crippen LogP contribution >= 0.6 is 11.8 Å². The fraction of sp³-hybridized carbons (Fsp3) is 0.917. The minimum absolute atomic E-state index is 0.702. The third-order valence-electron chi connectivity index (χ3n) is 2.96. The molecule has 4 heteroatoms. The summed E-state index contributed by atoms with van der Waals surface area (Å²) in [5.41, 5.74) is 0. The number of amidine groups is 1. The van der Waals surface area contributed by atoms with Gasteiger partial charge in [-0.25, -0.2) is 0 Å². The van der Waals surface area contributed by atoms with Crippen LogP contribution in [-0.2, 0) is 4.74 Å². The average molecular weight is 242 g/mol. The summed E-state index contributed by atoms with van der Waals surface area (Å²) in [5, 5.41) is 5.22. The van der Waals surface area contributed by atoms with E-state index in [1.54, 1.807) is 0 Å². The lowest BCUT2D eigenvalue weighted by atomic mass is 10.3. The van der Waals surface area contributed by atoms with Gasteiger partial charge in [0.25, 0.3) is 0 Å². The summed E-state index contributed by atoms with van der Waals surface area (Å²) in [4.78, 5) is 4.47. The van der Waals surface area contributed by atoms with Gasteiger partial charge in [0, 0.05) is 25.0 Å². The second kappa shape index (κ2) is 6.50. The van der Waals surface area contributed by atoms with Crippen LogP contribution in [0.2, 0.25) is 0 Å². The molecule has 2 rings (SSSR count). The zero-order valence-electron chi connectivity index (χ0n) is 10.1. The zero-order chi connectivity index (χ0) is 11.2. The predicted molar refractivity (Wildman–Crippen MR) is 70.1 cm³/mol. The fourth-order valence-corrected chi connectivity index (χ4v) is 2.60. The molecule has 0 bridgehead atoms. The predicted octanol–water partition coefficient (Wildman–Crippen LogP) is 2.27. The van der Waals surface area contributed by atoms with Crippen LogP contribution in [0, 0.1) is 5.92 Å². The monoisotopic (exact) mass is 242 g/mol. The van der Waals surface area contributed by atoms with Gasteiger partial charge in [0.1, 0.15) is 0 Å². The van der Waals surface area contributed by atoms with Crippen LogP contribution in [0.25, 0.3) is 0 Å². The van der Waals surface area contributed by atoms with Gasteiger partial charge >= 0.3 is 0 Å². The second-order valence-electron chi connectivity index (χ2n) is 4.59. The molecule has 1 atom stereocenters. The van der Waals surface area contributed by atoms with Gasteiger partial charge in [-0.3, -0.25) is 4.99 Å². The molecule has 1 heterocycles. The molecule has 0 spiro atoms. The summed E-state index contributed by atoms with van der Waals surface area (Å²) >= 11 is 1.89. The summed E-state index contributed by atoms with van der Waals surface area (Å²) < 4.78 is 5.58. The van der Waals surface area contributed by atoms with Crippen LogP contribution in [0.3, 0.4) is 0 Å². The summed E-state index contributed by atoms with van der Waals surface area (Å²) in [6.07, 6.45) is 5.06. The van der Waals surface area contributed by atoms with Crippen molar-refractivity contribution in [1.82, 2.24) is 5.32 Å². The molecule has 0 aromatic carbocycles. The minimum Gasteiger partial charge on any atom is -0.381 e. The first-order valence-electron chi connectivity index (χ1n) is 6.41. The Bertz CT molecular complexity index is 241. The van der Waals surface area contributed by atoms with E-state index < -0.39 is 0 Å². The van der Waals surface area contributed by atoms with Crippen molar-refractivity contribution in [3.8, 4) is 0 Å². The van der Waals surface area contributed by atoms with Crippen LogP contribution in [0.5, 0.6) is 0 Å². The van der Waals surface area contributed by atoms with Gasteiger partial charge < -0.3 is 10.1 Å². The molecule has 0 aromatic heterocycles. The highest BCUT2D eigenvalue weighted by Gasteiger charge is 2.21. The van der Waals surface area contributed by atoms with Crippen LogP contribution < -0.4 is 5.32 Å². The van der Waals surface area contributed by atoms with Gasteiger partial charge in [-0.05, 0) is 31.6 Å². The fourth-order valence-electron chi connectivity index (χ4n) is 1.63. The molecule has 1 aliphatic heterocycles. The Kier molecular flexibility index (Phi) is 4.97. The first-order valence-corrected chi connectivity index (χ1v) is 7.29. The Labute approximate surface area is 102 Å². The number of rotatable bonds is 7. The first kappa shape index (κ1) is 12.2. The molecule has 2 aliphatic rings. The molecule has 1 aliphatic carbocycles. The highest BCUT2D eigenvalue weighted by Crippen LogP contribution is 2.28. The van der Waals surface area contributed by atoms with E-state index >= 15 is 0 Å². The van der Waals surface area contributed by atoms with Crippen molar-refractivity contribution < 1.29 is 4.74 Å². The minimum atomic E-state index is 0.702. The van der Waals surface area contributed by atoms with Gasteiger partial charge in [-0.1, -0.05) is 18.7 Å². The summed E-state index contributed by atoms with van der Waals surface area (Å²) in [6, 6.07) is 0. The lowest BCUT2D eigenvalue weighted by Gasteiger charge is -2.07. The van der Waals surface area contributed by atoms with Gasteiger partial charge in [0.05, 0.1) is 6.54 Å². The van der Waals surface area contributed by atoms with Gasteiger partial charge in [0.15, 0.2) is 5.17 Å². The number of hydrogen-bond acceptors (Lipinski definition) is 4. The van der Waals surface area contributed by atoms with Gasteiger partial charge in [0.2, 0.25) is 0 Å². The van der Waals surface area contributed by atoms with Crippen LogP contribution in [0.1, 0.15) is 32.6 Å². The molecule has 16 heavy (non-hydrogen) atoms. The largest absolute Gasteiger partial charge is 0.381 e. The molecule has 0 amide bonds. The molecule has 0 radical (unpaired) electrons. The van der Waals surface area contributed by atoms with Crippen LogP contribution in [0.15, 0.2) is 4.99 Å². The standard InChI is InChI=1S/C12H22N2OS/c1-2-11-8-14-12(16-11)13-6-3-7-15-9-10-4-5-10/h10-11H,2-9H2,1H3,(H,13,14). The number of nitrogens with one attached hydrogen (secondary N) is 1. The molecule has 0 saturated heterocycles. The van der Waals surface area contributed by atoms with Crippen molar-refractivity contribution in [3.05, 3.63) is 0 Å². The number of hydrogen-bond donors (Lipinski definition) is 1. The molecule has 1 N–H and O–H groups in total. The molecule has 1 fully saturated rings. The number of nitrogens with zero attached hydrogens (tertiary/aromatic N) is 1. The highest BCUT2D eigenvalue weighted by molar-refractivity contribution is 8.14. The Morgan fingerprint density at radius 3 is 3.06 bits per heavy atom. The van der Waals surface area contributed by atoms with E-state index in [2.05, 4.69) is 17.2 Å². The number of ether oxygens (including phenoxy) is 1. The topological polar surface area (TPSA) is 33.6 Å². The second-order valence-corrected chi connectivity index (χ2v) is 5.88. The van der Waals surface area contributed by atoms with E-state index in [1.165, 1.54) is 19.3 Å². The molecule has 92 valence electrons. The van der Waals surface area contributed by atoms with Crippen molar-refractivity contribution >= 4 is 16.9 Å². The molecule has 0 aromatic rings. The maximum absolute atomic E-state index is 5.58. The Morgan fingerprint density at radius 1 is 1.50 bits per heavy atom. The Balaban J connectivity index is 1.42. The third kappa shape index (κ3) is 4.34. The van der Waals surface area contributed by atoms with Crippen LogP contribution in [0.4, 0.5) is 0 Å². The lowest BCUT2D eigenvalue weighted by molar-refractivity contribution is 0.123. The van der Waals surface area contributed by atoms with E-state index in [0.717, 1.165) is 43.8 Å². The summed E-state index contributed by atoms with van der Waals surface area (Å²) in [5.74, 6) is 0.882. The molecular weight excluding hydrogens is 220 g/mol. The van der Waals surface area contributed by atoms with E-state index in [1.807, 2.05) is 11.8 Å². The van der Waals surface area contributed by atoms with Crippen molar-refractivity contribution in [3.63, 3.8) is 0 Å². The average Bonchev–Trinajstić information content (AvgIpc) is 3.01. The molecule has 1 saturated carbocycles. The van der Waals surface area contributed by atoms with Crippen molar-refractivity contribution in [1.29, 1.82) is 0 Å². The van der Waals surface area contributed by atoms with E-state index in [0.29, 0.717) is 5.25 Å². The third-order valence-corrected chi connectivity index (χ3v) is 4.28. The summed E-state index contributed by atoms with van der Waals surface area (Å²) in [6.45, 7) is 6.07.